The number of hydrogen-bond acceptors (Lipinski definition) is 4. The fourth-order valence-electron chi connectivity index (χ4n) is 3.86. The van der Waals surface area contributed by atoms with Gasteiger partial charge in [-0.1, -0.05) is 0 Å². The Morgan fingerprint density at radius 1 is 1.30 bits per heavy atom. The topological polar surface area (TPSA) is 55.8 Å². The monoisotopic (exact) mass is 299 g/mol. The van der Waals surface area contributed by atoms with Crippen LogP contribution in [-0.4, -0.2) is 77.3 Å². The minimum absolute atomic E-state index is 0.0832. The van der Waals surface area contributed by atoms with E-state index in [2.05, 4.69) is 10.2 Å². The number of carbonyl (C=O) groups excluding carboxylic acids is 1. The van der Waals surface area contributed by atoms with Crippen molar-refractivity contribution in [1.82, 2.24) is 15.1 Å². The van der Waals surface area contributed by atoms with E-state index in [4.69, 9.17) is 0 Å². The Labute approximate surface area is 125 Å². The molecule has 0 spiro atoms. The van der Waals surface area contributed by atoms with Crippen molar-refractivity contribution in [3.05, 3.63) is 0 Å². The largest absolute Gasteiger partial charge is 0.396 e. The van der Waals surface area contributed by atoms with E-state index in [1.807, 2.05) is 16.7 Å². The van der Waals surface area contributed by atoms with E-state index in [0.29, 0.717) is 12.0 Å². The molecule has 3 heterocycles. The second kappa shape index (κ2) is 6.54. The molecule has 3 saturated heterocycles. The summed E-state index contributed by atoms with van der Waals surface area (Å²) in [4.78, 5) is 16.7. The normalized spacial score (nSPS) is 33.6. The first-order valence-electron chi connectivity index (χ1n) is 7.76. The van der Waals surface area contributed by atoms with Gasteiger partial charge in [0.1, 0.15) is 0 Å². The van der Waals surface area contributed by atoms with Crippen LogP contribution in [-0.2, 0) is 0 Å². The average molecular weight is 299 g/mol. The quantitative estimate of drug-likeness (QED) is 0.798. The molecule has 0 radical (unpaired) electrons. The highest BCUT2D eigenvalue weighted by Crippen LogP contribution is 2.41. The number of nitrogens with zero attached hydrogens (tertiary/aromatic N) is 2. The highest BCUT2D eigenvalue weighted by atomic mass is 32.2. The van der Waals surface area contributed by atoms with Crippen molar-refractivity contribution in [2.45, 2.75) is 31.3 Å². The van der Waals surface area contributed by atoms with Crippen LogP contribution in [0.3, 0.4) is 0 Å². The summed E-state index contributed by atoms with van der Waals surface area (Å²) in [6, 6.07) is 0.722. The van der Waals surface area contributed by atoms with Crippen LogP contribution < -0.4 is 5.32 Å². The zero-order valence-corrected chi connectivity index (χ0v) is 12.8. The SMILES string of the molecule is O=C(NCCN1CCSCC1)N1C2CCC1C(CO)C2. The second-order valence-electron chi connectivity index (χ2n) is 6.07. The third kappa shape index (κ3) is 2.92. The molecule has 114 valence electrons. The van der Waals surface area contributed by atoms with Crippen LogP contribution >= 0.6 is 11.8 Å². The van der Waals surface area contributed by atoms with Gasteiger partial charge in [0.05, 0.1) is 0 Å². The Bertz CT molecular complexity index is 349. The summed E-state index contributed by atoms with van der Waals surface area (Å²) in [5, 5.41) is 12.4. The first-order chi connectivity index (χ1) is 9.79. The van der Waals surface area contributed by atoms with Crippen molar-refractivity contribution in [1.29, 1.82) is 0 Å². The number of aliphatic hydroxyl groups is 1. The predicted molar refractivity (Wildman–Crippen MR) is 81.0 cm³/mol. The van der Waals surface area contributed by atoms with Gasteiger partial charge < -0.3 is 15.3 Å². The van der Waals surface area contributed by atoms with Gasteiger partial charge in [0.15, 0.2) is 0 Å². The molecule has 0 aromatic carbocycles. The van der Waals surface area contributed by atoms with Crippen LogP contribution in [0.1, 0.15) is 19.3 Å². The van der Waals surface area contributed by atoms with Gasteiger partial charge in [-0.05, 0) is 19.3 Å². The zero-order valence-electron chi connectivity index (χ0n) is 12.0. The third-order valence-electron chi connectivity index (χ3n) is 4.94. The molecule has 3 aliphatic rings. The lowest BCUT2D eigenvalue weighted by molar-refractivity contribution is 0.168. The Morgan fingerprint density at radius 2 is 2.10 bits per heavy atom. The average Bonchev–Trinajstić information content (AvgIpc) is 3.05. The molecule has 3 atom stereocenters. The Morgan fingerprint density at radius 3 is 2.80 bits per heavy atom. The lowest BCUT2D eigenvalue weighted by Gasteiger charge is -2.27. The maximum Gasteiger partial charge on any atom is 0.317 e. The first-order valence-corrected chi connectivity index (χ1v) is 8.92. The Kier molecular flexibility index (Phi) is 4.73. The highest BCUT2D eigenvalue weighted by molar-refractivity contribution is 7.99. The van der Waals surface area contributed by atoms with Crippen molar-refractivity contribution >= 4 is 17.8 Å². The maximum absolute atomic E-state index is 12.3. The summed E-state index contributed by atoms with van der Waals surface area (Å²) in [6.45, 7) is 4.20. The molecule has 2 N–H and O–H groups in total. The van der Waals surface area contributed by atoms with E-state index < -0.39 is 0 Å². The molecule has 2 amide bonds. The number of hydrogen-bond donors (Lipinski definition) is 2. The minimum atomic E-state index is 0.0832. The van der Waals surface area contributed by atoms with Gasteiger partial charge in [-0.2, -0.15) is 11.8 Å². The molecule has 3 aliphatic heterocycles. The molecule has 0 aromatic heterocycles. The number of aliphatic hydroxyl groups excluding tert-OH is 1. The molecule has 6 heteroatoms. The lowest BCUT2D eigenvalue weighted by Crippen LogP contribution is -2.46. The van der Waals surface area contributed by atoms with Gasteiger partial charge in [-0.3, -0.25) is 4.90 Å². The van der Waals surface area contributed by atoms with Crippen molar-refractivity contribution in [2.75, 3.05) is 44.3 Å². The van der Waals surface area contributed by atoms with Gasteiger partial charge in [-0.15, -0.1) is 0 Å². The van der Waals surface area contributed by atoms with Crippen LogP contribution in [0.4, 0.5) is 4.79 Å². The molecule has 20 heavy (non-hydrogen) atoms. The number of nitrogens with one attached hydrogen (secondary N) is 1. The second-order valence-corrected chi connectivity index (χ2v) is 7.29. The minimum Gasteiger partial charge on any atom is -0.396 e. The smallest absolute Gasteiger partial charge is 0.317 e. The summed E-state index contributed by atoms with van der Waals surface area (Å²) < 4.78 is 0. The van der Waals surface area contributed by atoms with Crippen LogP contribution in [0.15, 0.2) is 0 Å². The van der Waals surface area contributed by atoms with E-state index in [0.717, 1.165) is 45.4 Å². The molecule has 0 saturated carbocycles. The molecule has 2 bridgehead atoms. The highest BCUT2D eigenvalue weighted by Gasteiger charge is 2.47. The van der Waals surface area contributed by atoms with Gasteiger partial charge in [0.25, 0.3) is 0 Å². The van der Waals surface area contributed by atoms with Gasteiger partial charge in [0.2, 0.25) is 0 Å². The van der Waals surface area contributed by atoms with E-state index in [9.17, 15) is 9.90 Å². The zero-order chi connectivity index (χ0) is 13.9. The van der Waals surface area contributed by atoms with E-state index >= 15 is 0 Å². The fourth-order valence-corrected chi connectivity index (χ4v) is 4.84. The summed E-state index contributed by atoms with van der Waals surface area (Å²) in [6.07, 6.45) is 3.16. The summed E-state index contributed by atoms with van der Waals surface area (Å²) in [5.74, 6) is 2.73. The number of carbonyl (C=O) groups is 1. The molecule has 0 aromatic rings. The van der Waals surface area contributed by atoms with Crippen molar-refractivity contribution < 1.29 is 9.90 Å². The molecule has 5 nitrogen and oxygen atoms in total. The molecular formula is C14H25N3O2S. The number of amides is 2. The standard InChI is InChI=1S/C14H25N3O2S/c18-10-11-9-12-1-2-13(11)17(12)14(19)15-3-4-16-5-7-20-8-6-16/h11-13,18H,1-10H2,(H,15,19). The van der Waals surface area contributed by atoms with Gasteiger partial charge in [-0.25, -0.2) is 4.79 Å². The summed E-state index contributed by atoms with van der Waals surface area (Å²) >= 11 is 2.01. The maximum atomic E-state index is 12.3. The van der Waals surface area contributed by atoms with E-state index in [1.165, 1.54) is 11.5 Å². The van der Waals surface area contributed by atoms with Crippen LogP contribution in [0, 0.1) is 5.92 Å². The van der Waals surface area contributed by atoms with Crippen LogP contribution in [0.25, 0.3) is 0 Å². The molecule has 0 aliphatic carbocycles. The summed E-state index contributed by atoms with van der Waals surface area (Å²) in [7, 11) is 0. The van der Waals surface area contributed by atoms with E-state index in [1.54, 1.807) is 0 Å². The predicted octanol–water partition coefficient (Wildman–Crippen LogP) is 0.590. The Hall–Kier alpha value is -0.460. The lowest BCUT2D eigenvalue weighted by atomic mass is 9.90. The van der Waals surface area contributed by atoms with E-state index in [-0.39, 0.29) is 18.7 Å². The van der Waals surface area contributed by atoms with Crippen molar-refractivity contribution in [2.24, 2.45) is 5.92 Å². The van der Waals surface area contributed by atoms with Crippen LogP contribution in [0.2, 0.25) is 0 Å². The number of fused-ring (bicyclic) bond motifs is 2. The van der Waals surface area contributed by atoms with Crippen LogP contribution in [0.5, 0.6) is 0 Å². The van der Waals surface area contributed by atoms with Crippen molar-refractivity contribution in [3.63, 3.8) is 0 Å². The fraction of sp³-hybridized carbons (Fsp3) is 0.929. The molecule has 3 rings (SSSR count). The van der Waals surface area contributed by atoms with Gasteiger partial charge >= 0.3 is 6.03 Å². The molecule has 3 unspecified atom stereocenters. The first kappa shape index (κ1) is 14.5. The number of thioether (sulfide) groups is 1. The van der Waals surface area contributed by atoms with Crippen molar-refractivity contribution in [3.8, 4) is 0 Å². The molecule has 3 fully saturated rings. The van der Waals surface area contributed by atoms with Gasteiger partial charge in [0, 0.05) is 62.3 Å². The third-order valence-corrected chi connectivity index (χ3v) is 5.88. The number of rotatable bonds is 4. The number of urea groups is 1. The Balaban J connectivity index is 1.43. The summed E-state index contributed by atoms with van der Waals surface area (Å²) in [5.41, 5.74) is 0. The molecular weight excluding hydrogens is 274 g/mol.